The molecule has 0 heterocycles. The monoisotopic (exact) mass is 284 g/mol. The molecular weight excluding hydrogens is 256 g/mol. The number of Topliss-reactive ketones (excluding diaryl/α,β-unsaturated/α-hetero) is 1. The van der Waals surface area contributed by atoms with Gasteiger partial charge in [0.15, 0.2) is 0 Å². The second-order valence-electron chi connectivity index (χ2n) is 8.25. The molecule has 0 saturated heterocycles. The summed E-state index contributed by atoms with van der Waals surface area (Å²) in [6.07, 6.45) is 16.3. The highest BCUT2D eigenvalue weighted by atomic mass is 16.1. The minimum atomic E-state index is 0.308. The maximum Gasteiger partial charge on any atom is 0.133 e. The van der Waals surface area contributed by atoms with Crippen LogP contribution in [0.5, 0.6) is 0 Å². The molecule has 0 N–H and O–H groups in total. The Morgan fingerprint density at radius 3 is 2.86 bits per heavy atom. The molecule has 21 heavy (non-hydrogen) atoms. The highest BCUT2D eigenvalue weighted by molar-refractivity contribution is 5.79. The van der Waals surface area contributed by atoms with Gasteiger partial charge in [0, 0.05) is 5.92 Å². The Hall–Kier alpha value is -0.850. The summed E-state index contributed by atoms with van der Waals surface area (Å²) in [5, 5.41) is 0. The molecule has 2 saturated carbocycles. The van der Waals surface area contributed by atoms with E-state index in [-0.39, 0.29) is 0 Å². The van der Waals surface area contributed by atoms with E-state index in [4.69, 9.17) is 0 Å². The third-order valence-corrected chi connectivity index (χ3v) is 7.51. The molecule has 0 aliphatic heterocycles. The lowest BCUT2D eigenvalue weighted by atomic mass is 9.52. The standard InChI is InChI=1S/C20H28O/c1-13(21)18-9-10-19-17-8-7-14-5-3-4-6-15(14)16(17)11-12-20(18,19)2/h3,5,7,15-19H,4,6,8-12H2,1-2H3. The van der Waals surface area contributed by atoms with Crippen molar-refractivity contribution < 1.29 is 4.79 Å². The average Bonchev–Trinajstić information content (AvgIpc) is 2.84. The smallest absolute Gasteiger partial charge is 0.133 e. The van der Waals surface area contributed by atoms with E-state index >= 15 is 0 Å². The number of allylic oxidation sites excluding steroid dienone is 4. The van der Waals surface area contributed by atoms with Crippen LogP contribution in [0.25, 0.3) is 0 Å². The molecule has 4 rings (SSSR count). The van der Waals surface area contributed by atoms with Crippen LogP contribution < -0.4 is 0 Å². The summed E-state index contributed by atoms with van der Waals surface area (Å²) in [4.78, 5) is 12.1. The largest absolute Gasteiger partial charge is 0.300 e. The summed E-state index contributed by atoms with van der Waals surface area (Å²) in [5.74, 6) is 4.18. The van der Waals surface area contributed by atoms with Crippen molar-refractivity contribution in [3.8, 4) is 0 Å². The molecule has 2 fully saturated rings. The van der Waals surface area contributed by atoms with Gasteiger partial charge < -0.3 is 0 Å². The lowest BCUT2D eigenvalue weighted by Gasteiger charge is -2.52. The zero-order valence-electron chi connectivity index (χ0n) is 13.5. The van der Waals surface area contributed by atoms with Crippen molar-refractivity contribution in [2.75, 3.05) is 0 Å². The molecular formula is C20H28O. The first-order valence-electron chi connectivity index (χ1n) is 8.98. The fourth-order valence-corrected chi connectivity index (χ4v) is 6.56. The second kappa shape index (κ2) is 4.83. The summed E-state index contributed by atoms with van der Waals surface area (Å²) < 4.78 is 0. The van der Waals surface area contributed by atoms with Crippen LogP contribution in [0.1, 0.15) is 58.8 Å². The van der Waals surface area contributed by atoms with Gasteiger partial charge in [-0.05, 0) is 86.5 Å². The molecule has 0 spiro atoms. The molecule has 1 nitrogen and oxygen atoms in total. The molecule has 4 aliphatic carbocycles. The first-order chi connectivity index (χ1) is 10.1. The first-order valence-corrected chi connectivity index (χ1v) is 8.98. The third kappa shape index (κ3) is 1.92. The van der Waals surface area contributed by atoms with Crippen LogP contribution in [0.15, 0.2) is 23.8 Å². The highest BCUT2D eigenvalue weighted by Gasteiger charge is 2.56. The zero-order valence-corrected chi connectivity index (χ0v) is 13.5. The van der Waals surface area contributed by atoms with Crippen molar-refractivity contribution in [1.29, 1.82) is 0 Å². The molecule has 1 heteroatoms. The Morgan fingerprint density at radius 1 is 1.19 bits per heavy atom. The number of hydrogen-bond donors (Lipinski definition) is 0. The minimum absolute atomic E-state index is 0.308. The van der Waals surface area contributed by atoms with Gasteiger partial charge in [-0.1, -0.05) is 25.2 Å². The van der Waals surface area contributed by atoms with E-state index in [1.807, 2.05) is 6.92 Å². The number of rotatable bonds is 1. The number of carbonyl (C=O) groups excluding carboxylic acids is 1. The molecule has 0 bridgehead atoms. The number of fused-ring (bicyclic) bond motifs is 5. The van der Waals surface area contributed by atoms with Crippen molar-refractivity contribution in [1.82, 2.24) is 0 Å². The predicted molar refractivity (Wildman–Crippen MR) is 85.8 cm³/mol. The van der Waals surface area contributed by atoms with Gasteiger partial charge in [0.2, 0.25) is 0 Å². The van der Waals surface area contributed by atoms with Gasteiger partial charge in [0.05, 0.1) is 0 Å². The number of carbonyl (C=O) groups is 1. The van der Waals surface area contributed by atoms with Crippen LogP contribution in [0.4, 0.5) is 0 Å². The van der Waals surface area contributed by atoms with Crippen LogP contribution >= 0.6 is 0 Å². The quantitative estimate of drug-likeness (QED) is 0.667. The van der Waals surface area contributed by atoms with E-state index in [1.165, 1.54) is 38.5 Å². The second-order valence-corrected chi connectivity index (χ2v) is 8.25. The van der Waals surface area contributed by atoms with Gasteiger partial charge >= 0.3 is 0 Å². The average molecular weight is 284 g/mol. The summed E-state index contributed by atoms with van der Waals surface area (Å²) in [5.41, 5.74) is 1.94. The molecule has 6 unspecified atom stereocenters. The van der Waals surface area contributed by atoms with Gasteiger partial charge in [0.1, 0.15) is 5.78 Å². The molecule has 6 atom stereocenters. The lowest BCUT2D eigenvalue weighted by molar-refractivity contribution is -0.126. The minimum Gasteiger partial charge on any atom is -0.300 e. The summed E-state index contributed by atoms with van der Waals surface area (Å²) in [6.45, 7) is 4.27. The van der Waals surface area contributed by atoms with Crippen LogP contribution in [0.2, 0.25) is 0 Å². The van der Waals surface area contributed by atoms with Crippen LogP contribution in [0.3, 0.4) is 0 Å². The molecule has 0 aromatic rings. The van der Waals surface area contributed by atoms with Gasteiger partial charge in [-0.25, -0.2) is 0 Å². The van der Waals surface area contributed by atoms with Gasteiger partial charge in [-0.3, -0.25) is 4.79 Å². The summed E-state index contributed by atoms with van der Waals surface area (Å²) in [6, 6.07) is 0. The fourth-order valence-electron chi connectivity index (χ4n) is 6.56. The van der Waals surface area contributed by atoms with Gasteiger partial charge in [-0.2, -0.15) is 0 Å². The van der Waals surface area contributed by atoms with Crippen LogP contribution in [-0.2, 0) is 4.79 Å². The maximum absolute atomic E-state index is 12.1. The predicted octanol–water partition coefficient (Wildman–Crippen LogP) is 4.93. The Labute approximate surface area is 128 Å². The van der Waals surface area contributed by atoms with E-state index < -0.39 is 0 Å². The molecule has 0 amide bonds. The van der Waals surface area contributed by atoms with Crippen molar-refractivity contribution in [3.05, 3.63) is 23.8 Å². The van der Waals surface area contributed by atoms with Gasteiger partial charge in [-0.15, -0.1) is 0 Å². The molecule has 0 radical (unpaired) electrons. The molecule has 0 aromatic carbocycles. The number of ketones is 1. The Morgan fingerprint density at radius 2 is 2.05 bits per heavy atom. The Balaban J connectivity index is 1.65. The summed E-state index contributed by atoms with van der Waals surface area (Å²) in [7, 11) is 0. The third-order valence-electron chi connectivity index (χ3n) is 7.51. The van der Waals surface area contributed by atoms with Crippen LogP contribution in [0, 0.1) is 35.0 Å². The lowest BCUT2D eigenvalue weighted by Crippen LogP contribution is -2.46. The van der Waals surface area contributed by atoms with E-state index in [2.05, 4.69) is 25.2 Å². The number of hydrogen-bond acceptors (Lipinski definition) is 1. The Bertz CT molecular complexity index is 514. The van der Waals surface area contributed by atoms with Crippen molar-refractivity contribution in [2.45, 2.75) is 58.8 Å². The first kappa shape index (κ1) is 13.8. The maximum atomic E-state index is 12.1. The van der Waals surface area contributed by atoms with Gasteiger partial charge in [0.25, 0.3) is 0 Å². The molecule has 4 aliphatic rings. The topological polar surface area (TPSA) is 17.1 Å². The highest BCUT2D eigenvalue weighted by Crippen LogP contribution is 2.62. The van der Waals surface area contributed by atoms with Crippen LogP contribution in [-0.4, -0.2) is 5.78 Å². The SMILES string of the molecule is CC(=O)C1CCC2C3CC=C4C=CCCC4C3CCC12C. The van der Waals surface area contributed by atoms with E-state index in [1.54, 1.807) is 5.57 Å². The van der Waals surface area contributed by atoms with Crippen molar-refractivity contribution in [3.63, 3.8) is 0 Å². The zero-order chi connectivity index (χ0) is 14.6. The van der Waals surface area contributed by atoms with E-state index in [9.17, 15) is 4.79 Å². The van der Waals surface area contributed by atoms with E-state index in [0.29, 0.717) is 17.1 Å². The Kier molecular flexibility index (Phi) is 3.17. The van der Waals surface area contributed by atoms with Crippen molar-refractivity contribution >= 4 is 5.78 Å². The molecule has 0 aromatic heterocycles. The van der Waals surface area contributed by atoms with E-state index in [0.717, 1.165) is 30.1 Å². The summed E-state index contributed by atoms with van der Waals surface area (Å²) >= 11 is 0. The fraction of sp³-hybridized carbons (Fsp3) is 0.750. The van der Waals surface area contributed by atoms with Crippen molar-refractivity contribution in [2.24, 2.45) is 35.0 Å². The normalized spacial score (nSPS) is 48.1. The molecule has 114 valence electrons.